The Morgan fingerprint density at radius 1 is 1.16 bits per heavy atom. The van der Waals surface area contributed by atoms with E-state index in [1.165, 1.54) is 0 Å². The van der Waals surface area contributed by atoms with Crippen molar-refractivity contribution in [1.29, 1.82) is 0 Å². The summed E-state index contributed by atoms with van der Waals surface area (Å²) in [7, 11) is 0. The minimum Gasteiger partial charge on any atom is -0.454 e. The lowest BCUT2D eigenvalue weighted by Crippen LogP contribution is -2.52. The standard InChI is InChI=1S/C22H28N4O6/c1-13-6-8-22(9-7-13)20(30)26(21(31)24-22)25-17(27)12-32-18(28)11-23-19(29)16-5-4-14(2)15(3)10-16/h4-5,10,13H,6-9,11-12H2,1-3H3,(H,23,29)(H,24,31)(H,25,27). The number of hydrazine groups is 1. The Hall–Kier alpha value is -3.43. The quantitative estimate of drug-likeness (QED) is 0.445. The molecule has 3 rings (SSSR count). The second-order valence-corrected chi connectivity index (χ2v) is 8.51. The molecule has 1 aliphatic carbocycles. The number of urea groups is 1. The SMILES string of the molecule is Cc1ccc(C(=O)NCC(=O)OCC(=O)NN2C(=O)NC3(CCC(C)CC3)C2=O)cc1C. The minimum absolute atomic E-state index is 0.406. The van der Waals surface area contributed by atoms with E-state index in [1.54, 1.807) is 18.2 Å². The maximum absolute atomic E-state index is 12.7. The van der Waals surface area contributed by atoms with Crippen LogP contribution in [-0.4, -0.2) is 53.4 Å². The Balaban J connectivity index is 1.44. The van der Waals surface area contributed by atoms with Crippen LogP contribution >= 0.6 is 0 Å². The Morgan fingerprint density at radius 3 is 2.50 bits per heavy atom. The number of nitrogens with zero attached hydrogens (tertiary/aromatic N) is 1. The number of hydrogen-bond acceptors (Lipinski definition) is 6. The first kappa shape index (κ1) is 23.2. The van der Waals surface area contributed by atoms with Crippen LogP contribution in [0.1, 0.15) is 54.1 Å². The van der Waals surface area contributed by atoms with E-state index in [1.807, 2.05) is 13.8 Å². The van der Waals surface area contributed by atoms with Gasteiger partial charge in [-0.1, -0.05) is 13.0 Å². The first-order valence-electron chi connectivity index (χ1n) is 10.6. The molecule has 172 valence electrons. The summed E-state index contributed by atoms with van der Waals surface area (Å²) in [4.78, 5) is 61.0. The van der Waals surface area contributed by atoms with Crippen molar-refractivity contribution >= 4 is 29.7 Å². The molecule has 5 amide bonds. The fraction of sp³-hybridized carbons (Fsp3) is 0.500. The second-order valence-electron chi connectivity index (χ2n) is 8.51. The van der Waals surface area contributed by atoms with Gasteiger partial charge in [-0.25, -0.2) is 4.79 Å². The van der Waals surface area contributed by atoms with E-state index in [9.17, 15) is 24.0 Å². The number of amides is 5. The van der Waals surface area contributed by atoms with E-state index in [0.29, 0.717) is 29.3 Å². The third-order valence-corrected chi connectivity index (χ3v) is 6.05. The highest BCUT2D eigenvalue weighted by Crippen LogP contribution is 2.35. The van der Waals surface area contributed by atoms with Gasteiger partial charge in [-0.05, 0) is 68.7 Å². The van der Waals surface area contributed by atoms with Crippen LogP contribution in [0.4, 0.5) is 4.79 Å². The van der Waals surface area contributed by atoms with Crippen molar-refractivity contribution in [3.05, 3.63) is 34.9 Å². The van der Waals surface area contributed by atoms with Crippen LogP contribution in [0.5, 0.6) is 0 Å². The highest BCUT2D eigenvalue weighted by molar-refractivity contribution is 6.08. The summed E-state index contributed by atoms with van der Waals surface area (Å²) < 4.78 is 4.83. The highest BCUT2D eigenvalue weighted by Gasteiger charge is 2.52. The van der Waals surface area contributed by atoms with Crippen molar-refractivity contribution in [2.45, 2.75) is 52.0 Å². The van der Waals surface area contributed by atoms with Gasteiger partial charge in [0, 0.05) is 5.56 Å². The Labute approximate surface area is 186 Å². The highest BCUT2D eigenvalue weighted by atomic mass is 16.5. The Morgan fingerprint density at radius 2 is 1.84 bits per heavy atom. The van der Waals surface area contributed by atoms with Gasteiger partial charge in [0.05, 0.1) is 0 Å². The number of carbonyl (C=O) groups excluding carboxylic acids is 5. The van der Waals surface area contributed by atoms with Crippen molar-refractivity contribution in [2.24, 2.45) is 5.92 Å². The summed E-state index contributed by atoms with van der Waals surface area (Å²) >= 11 is 0. The van der Waals surface area contributed by atoms with Gasteiger partial charge in [0.2, 0.25) is 0 Å². The third-order valence-electron chi connectivity index (χ3n) is 6.05. The van der Waals surface area contributed by atoms with Gasteiger partial charge >= 0.3 is 12.0 Å². The van der Waals surface area contributed by atoms with Gasteiger partial charge in [0.1, 0.15) is 12.1 Å². The lowest BCUT2D eigenvalue weighted by Gasteiger charge is -2.33. The van der Waals surface area contributed by atoms with Crippen LogP contribution in [0.25, 0.3) is 0 Å². The Bertz CT molecular complexity index is 952. The van der Waals surface area contributed by atoms with Gasteiger partial charge in [0.25, 0.3) is 17.7 Å². The largest absolute Gasteiger partial charge is 0.454 e. The van der Waals surface area contributed by atoms with Gasteiger partial charge < -0.3 is 15.4 Å². The molecule has 1 heterocycles. The number of hydrogen-bond donors (Lipinski definition) is 3. The molecule has 2 aliphatic rings. The van der Waals surface area contributed by atoms with Crippen molar-refractivity contribution in [3.63, 3.8) is 0 Å². The molecule has 0 bridgehead atoms. The number of carbonyl (C=O) groups is 5. The molecule has 10 heteroatoms. The molecule has 1 aliphatic heterocycles. The lowest BCUT2D eigenvalue weighted by atomic mass is 9.77. The third kappa shape index (κ3) is 5.06. The first-order chi connectivity index (χ1) is 15.1. The fourth-order valence-electron chi connectivity index (χ4n) is 3.81. The van der Waals surface area contributed by atoms with Crippen LogP contribution < -0.4 is 16.1 Å². The van der Waals surface area contributed by atoms with Crippen molar-refractivity contribution < 1.29 is 28.7 Å². The van der Waals surface area contributed by atoms with Crippen LogP contribution in [-0.2, 0) is 19.1 Å². The van der Waals surface area contributed by atoms with E-state index in [4.69, 9.17) is 4.74 Å². The van der Waals surface area contributed by atoms with E-state index in [2.05, 4.69) is 23.0 Å². The number of esters is 1. The zero-order chi connectivity index (χ0) is 23.5. The topological polar surface area (TPSA) is 134 Å². The molecular formula is C22H28N4O6. The summed E-state index contributed by atoms with van der Waals surface area (Å²) in [6, 6.07) is 4.46. The average molecular weight is 444 g/mol. The van der Waals surface area contributed by atoms with E-state index < -0.39 is 48.4 Å². The summed E-state index contributed by atoms with van der Waals surface area (Å²) in [6.07, 6.45) is 2.64. The predicted octanol–water partition coefficient (Wildman–Crippen LogP) is 1.11. The van der Waals surface area contributed by atoms with E-state index in [-0.39, 0.29) is 0 Å². The summed E-state index contributed by atoms with van der Waals surface area (Å²) in [6.45, 7) is 4.77. The number of benzene rings is 1. The molecule has 0 unspecified atom stereocenters. The molecular weight excluding hydrogens is 416 g/mol. The molecule has 1 aromatic carbocycles. The van der Waals surface area contributed by atoms with E-state index >= 15 is 0 Å². The molecule has 2 fully saturated rings. The summed E-state index contributed by atoms with van der Waals surface area (Å²) in [5.41, 5.74) is 3.60. The number of nitrogens with one attached hydrogen (secondary N) is 3. The molecule has 0 radical (unpaired) electrons. The minimum atomic E-state index is -0.980. The molecule has 1 spiro atoms. The molecule has 32 heavy (non-hydrogen) atoms. The predicted molar refractivity (Wildman–Crippen MR) is 113 cm³/mol. The molecule has 1 aromatic rings. The second kappa shape index (κ2) is 9.37. The van der Waals surface area contributed by atoms with Crippen LogP contribution in [0.3, 0.4) is 0 Å². The maximum Gasteiger partial charge on any atom is 0.344 e. The first-order valence-corrected chi connectivity index (χ1v) is 10.6. The van der Waals surface area contributed by atoms with Crippen LogP contribution in [0.2, 0.25) is 0 Å². The molecule has 1 saturated carbocycles. The number of imide groups is 1. The zero-order valence-electron chi connectivity index (χ0n) is 18.4. The van der Waals surface area contributed by atoms with Gasteiger partial charge in [0.15, 0.2) is 6.61 Å². The van der Waals surface area contributed by atoms with Gasteiger partial charge in [-0.3, -0.25) is 24.6 Å². The summed E-state index contributed by atoms with van der Waals surface area (Å²) in [5.74, 6) is -2.13. The number of rotatable bonds is 6. The van der Waals surface area contributed by atoms with Gasteiger partial charge in [-0.15, -0.1) is 0 Å². The normalized spacial score (nSPS) is 22.5. The lowest BCUT2D eigenvalue weighted by molar-refractivity contribution is -0.150. The molecule has 10 nitrogen and oxygen atoms in total. The molecule has 0 atom stereocenters. The Kier molecular flexibility index (Phi) is 6.81. The zero-order valence-corrected chi connectivity index (χ0v) is 18.4. The number of aryl methyl sites for hydroxylation is 2. The average Bonchev–Trinajstić information content (AvgIpc) is 2.98. The summed E-state index contributed by atoms with van der Waals surface area (Å²) in [5, 5.41) is 5.75. The van der Waals surface area contributed by atoms with Crippen molar-refractivity contribution in [2.75, 3.05) is 13.2 Å². The van der Waals surface area contributed by atoms with Crippen LogP contribution in [0.15, 0.2) is 18.2 Å². The monoisotopic (exact) mass is 444 g/mol. The molecule has 1 saturated heterocycles. The smallest absolute Gasteiger partial charge is 0.344 e. The van der Waals surface area contributed by atoms with E-state index in [0.717, 1.165) is 24.0 Å². The van der Waals surface area contributed by atoms with Gasteiger partial charge in [-0.2, -0.15) is 5.01 Å². The molecule has 0 aromatic heterocycles. The molecule has 3 N–H and O–H groups in total. The fourth-order valence-corrected chi connectivity index (χ4v) is 3.81. The maximum atomic E-state index is 12.7. The van der Waals surface area contributed by atoms with Crippen molar-refractivity contribution in [1.82, 2.24) is 21.1 Å². The number of ether oxygens (including phenoxy) is 1. The van der Waals surface area contributed by atoms with Crippen LogP contribution in [0, 0.1) is 19.8 Å². The van der Waals surface area contributed by atoms with Crippen molar-refractivity contribution in [3.8, 4) is 0 Å².